The Bertz CT molecular complexity index is 666. The molecule has 0 bridgehead atoms. The van der Waals surface area contributed by atoms with Crippen molar-refractivity contribution < 1.29 is 9.59 Å². The van der Waals surface area contributed by atoms with Gasteiger partial charge in [0.2, 0.25) is 5.91 Å². The fraction of sp³-hybridized carbons (Fsp3) is 0.316. The lowest BCUT2D eigenvalue weighted by Crippen LogP contribution is -2.49. The van der Waals surface area contributed by atoms with Gasteiger partial charge in [0.1, 0.15) is 6.04 Å². The zero-order chi connectivity index (χ0) is 17.5. The van der Waals surface area contributed by atoms with Crippen LogP contribution in [0.15, 0.2) is 54.9 Å². The highest BCUT2D eigenvalue weighted by Crippen LogP contribution is 2.21. The van der Waals surface area contributed by atoms with Crippen molar-refractivity contribution >= 4 is 11.9 Å². The summed E-state index contributed by atoms with van der Waals surface area (Å²) < 4.78 is 0. The molecular weight excluding hydrogens is 316 g/mol. The average Bonchev–Trinajstić information content (AvgIpc) is 2.86. The third-order valence-electron chi connectivity index (χ3n) is 4.29. The number of carbonyl (C=O) groups is 2. The van der Waals surface area contributed by atoms with Gasteiger partial charge in [-0.15, -0.1) is 0 Å². The molecule has 2 atom stereocenters. The van der Waals surface area contributed by atoms with Crippen molar-refractivity contribution in [3.05, 3.63) is 66.0 Å². The highest BCUT2D eigenvalue weighted by atomic mass is 16.2. The van der Waals surface area contributed by atoms with Crippen LogP contribution < -0.4 is 16.0 Å². The van der Waals surface area contributed by atoms with E-state index in [1.165, 1.54) is 0 Å². The quantitative estimate of drug-likeness (QED) is 0.799. The topological polar surface area (TPSA) is 83.1 Å². The van der Waals surface area contributed by atoms with Gasteiger partial charge in [-0.2, -0.15) is 0 Å². The zero-order valence-electron chi connectivity index (χ0n) is 13.9. The highest BCUT2D eigenvalue weighted by Gasteiger charge is 2.24. The van der Waals surface area contributed by atoms with E-state index in [1.54, 1.807) is 12.4 Å². The molecule has 0 unspecified atom stereocenters. The predicted octanol–water partition coefficient (Wildman–Crippen LogP) is 2.14. The number of hydrogen-bond donors (Lipinski definition) is 3. The van der Waals surface area contributed by atoms with Gasteiger partial charge in [-0.3, -0.25) is 9.78 Å². The number of amides is 3. The number of urea groups is 1. The summed E-state index contributed by atoms with van der Waals surface area (Å²) in [5.41, 5.74) is 1.90. The lowest BCUT2D eigenvalue weighted by Gasteiger charge is -2.22. The summed E-state index contributed by atoms with van der Waals surface area (Å²) in [5.74, 6) is -0.118. The Labute approximate surface area is 147 Å². The Morgan fingerprint density at radius 1 is 1.08 bits per heavy atom. The third kappa shape index (κ3) is 4.56. The van der Waals surface area contributed by atoms with Gasteiger partial charge in [0.15, 0.2) is 0 Å². The molecule has 3 N–H and O–H groups in total. The summed E-state index contributed by atoms with van der Waals surface area (Å²) in [7, 11) is 0. The van der Waals surface area contributed by atoms with Gasteiger partial charge in [-0.1, -0.05) is 30.3 Å². The van der Waals surface area contributed by atoms with Crippen molar-refractivity contribution in [2.45, 2.75) is 31.3 Å². The Hall–Kier alpha value is -2.89. The maximum Gasteiger partial charge on any atom is 0.316 e. The predicted molar refractivity (Wildman–Crippen MR) is 94.8 cm³/mol. The van der Waals surface area contributed by atoms with E-state index in [0.29, 0.717) is 13.0 Å². The van der Waals surface area contributed by atoms with Crippen molar-refractivity contribution in [1.82, 2.24) is 20.9 Å². The summed E-state index contributed by atoms with van der Waals surface area (Å²) in [6.07, 6.45) is 5.91. The van der Waals surface area contributed by atoms with Crippen molar-refractivity contribution in [3.8, 4) is 0 Å². The molecule has 1 fully saturated rings. The van der Waals surface area contributed by atoms with E-state index in [2.05, 4.69) is 20.9 Å². The average molecular weight is 338 g/mol. The number of carbonyl (C=O) groups excluding carboxylic acids is 2. The molecule has 2 heterocycles. The van der Waals surface area contributed by atoms with Gasteiger partial charge in [0, 0.05) is 18.9 Å². The first-order valence-corrected chi connectivity index (χ1v) is 8.53. The van der Waals surface area contributed by atoms with Crippen molar-refractivity contribution in [3.63, 3.8) is 0 Å². The number of hydrogen-bond acceptors (Lipinski definition) is 3. The second kappa shape index (κ2) is 8.28. The fourth-order valence-electron chi connectivity index (χ4n) is 2.97. The van der Waals surface area contributed by atoms with Crippen molar-refractivity contribution in [2.24, 2.45) is 0 Å². The van der Waals surface area contributed by atoms with Crippen LogP contribution in [0, 0.1) is 0 Å². The summed E-state index contributed by atoms with van der Waals surface area (Å²) in [5, 5.41) is 8.61. The normalized spacial score (nSPS) is 18.6. The molecule has 6 heteroatoms. The van der Waals surface area contributed by atoms with Crippen LogP contribution in [0.3, 0.4) is 0 Å². The highest BCUT2D eigenvalue weighted by molar-refractivity contribution is 5.87. The van der Waals surface area contributed by atoms with Gasteiger partial charge >= 0.3 is 6.03 Å². The number of pyridine rings is 1. The minimum atomic E-state index is -0.489. The van der Waals surface area contributed by atoms with Crippen LogP contribution in [0.2, 0.25) is 0 Å². The molecule has 0 radical (unpaired) electrons. The molecule has 1 aromatic carbocycles. The van der Waals surface area contributed by atoms with Crippen molar-refractivity contribution in [1.29, 1.82) is 0 Å². The van der Waals surface area contributed by atoms with Crippen LogP contribution in [0.25, 0.3) is 0 Å². The van der Waals surface area contributed by atoms with Gasteiger partial charge in [-0.25, -0.2) is 4.79 Å². The van der Waals surface area contributed by atoms with Crippen LogP contribution >= 0.6 is 0 Å². The maximum atomic E-state index is 12.5. The first-order chi connectivity index (χ1) is 12.2. The molecule has 1 aliphatic rings. The molecule has 3 rings (SSSR count). The molecule has 25 heavy (non-hydrogen) atoms. The summed E-state index contributed by atoms with van der Waals surface area (Å²) >= 11 is 0. The summed E-state index contributed by atoms with van der Waals surface area (Å²) in [6, 6.07) is 12.3. The second-order valence-corrected chi connectivity index (χ2v) is 6.08. The zero-order valence-corrected chi connectivity index (χ0v) is 13.9. The maximum absolute atomic E-state index is 12.5. The molecular formula is C19H22N4O2. The van der Waals surface area contributed by atoms with Crippen LogP contribution in [-0.4, -0.2) is 29.5 Å². The van der Waals surface area contributed by atoms with E-state index >= 15 is 0 Å². The van der Waals surface area contributed by atoms with E-state index in [1.807, 2.05) is 42.5 Å². The lowest BCUT2D eigenvalue weighted by atomic mass is 10.00. The number of nitrogens with zero attached hydrogens (tertiary/aromatic N) is 1. The van der Waals surface area contributed by atoms with E-state index in [0.717, 1.165) is 24.0 Å². The summed E-state index contributed by atoms with van der Waals surface area (Å²) in [4.78, 5) is 28.6. The van der Waals surface area contributed by atoms with E-state index in [4.69, 9.17) is 0 Å². The molecule has 0 spiro atoms. The van der Waals surface area contributed by atoms with Gasteiger partial charge in [0.05, 0.1) is 6.04 Å². The molecule has 0 saturated carbocycles. The lowest BCUT2D eigenvalue weighted by molar-refractivity contribution is -0.122. The van der Waals surface area contributed by atoms with Crippen LogP contribution in [0.5, 0.6) is 0 Å². The Morgan fingerprint density at radius 2 is 1.80 bits per heavy atom. The molecule has 0 aliphatic carbocycles. The van der Waals surface area contributed by atoms with E-state index in [9.17, 15) is 9.59 Å². The number of nitrogens with one attached hydrogen (secondary N) is 3. The van der Waals surface area contributed by atoms with E-state index in [-0.39, 0.29) is 18.0 Å². The number of aromatic nitrogens is 1. The van der Waals surface area contributed by atoms with Crippen molar-refractivity contribution in [2.75, 3.05) is 6.54 Å². The van der Waals surface area contributed by atoms with Gasteiger partial charge in [0.25, 0.3) is 0 Å². The second-order valence-electron chi connectivity index (χ2n) is 6.08. The van der Waals surface area contributed by atoms with Crippen LogP contribution in [0.4, 0.5) is 4.79 Å². The minimum absolute atomic E-state index is 0.118. The standard InChI is InChI=1S/C19H22N4O2/c24-18-16(8-4-5-11-21-18)22-19(25)23-17(14-6-2-1-3-7-14)15-9-12-20-13-10-15/h1-3,6-7,9-10,12-13,16-17H,4-5,8,11H2,(H,21,24)(H2,22,23,25)/t16-,17+/m1/s1. The monoisotopic (exact) mass is 338 g/mol. The smallest absolute Gasteiger partial charge is 0.316 e. The Kier molecular flexibility index (Phi) is 5.61. The Balaban J connectivity index is 1.74. The van der Waals surface area contributed by atoms with Gasteiger partial charge < -0.3 is 16.0 Å². The largest absolute Gasteiger partial charge is 0.354 e. The molecule has 130 valence electrons. The van der Waals surface area contributed by atoms with E-state index < -0.39 is 6.04 Å². The molecule has 2 aromatic rings. The third-order valence-corrected chi connectivity index (χ3v) is 4.29. The first-order valence-electron chi connectivity index (χ1n) is 8.53. The number of benzene rings is 1. The Morgan fingerprint density at radius 3 is 2.56 bits per heavy atom. The molecule has 3 amide bonds. The molecule has 1 aromatic heterocycles. The first kappa shape index (κ1) is 17.0. The molecule has 6 nitrogen and oxygen atoms in total. The summed E-state index contributed by atoms with van der Waals surface area (Å²) in [6.45, 7) is 0.669. The van der Waals surface area contributed by atoms with Crippen LogP contribution in [-0.2, 0) is 4.79 Å². The van der Waals surface area contributed by atoms with Gasteiger partial charge in [-0.05, 0) is 42.5 Å². The SMILES string of the molecule is O=C(N[C@@H](c1ccccc1)c1ccncc1)N[C@@H]1CCCCNC1=O. The minimum Gasteiger partial charge on any atom is -0.354 e. The number of rotatable bonds is 4. The molecule has 1 saturated heterocycles. The fourth-order valence-corrected chi connectivity index (χ4v) is 2.97. The van der Waals surface area contributed by atoms with Crippen LogP contribution in [0.1, 0.15) is 36.4 Å². The molecule has 1 aliphatic heterocycles.